The van der Waals surface area contributed by atoms with Gasteiger partial charge in [-0.15, -0.1) is 22.7 Å². The first-order valence-electron chi connectivity index (χ1n) is 6.71. The molecule has 0 radical (unpaired) electrons. The van der Waals surface area contributed by atoms with Crippen LogP contribution in [0.25, 0.3) is 5.57 Å². The molecule has 0 bridgehead atoms. The van der Waals surface area contributed by atoms with Crippen molar-refractivity contribution in [3.8, 4) is 0 Å². The molecule has 3 heterocycles. The molecule has 0 unspecified atom stereocenters. The number of hydrogen-bond donors (Lipinski definition) is 0. The molecule has 0 aromatic carbocycles. The van der Waals surface area contributed by atoms with E-state index in [1.54, 1.807) is 5.57 Å². The summed E-state index contributed by atoms with van der Waals surface area (Å²) in [6.45, 7) is 2.34. The van der Waals surface area contributed by atoms with Crippen LogP contribution in [0.3, 0.4) is 0 Å². The third-order valence-electron chi connectivity index (χ3n) is 3.37. The molecule has 4 heteroatoms. The molecule has 0 saturated carbocycles. The third-order valence-corrected chi connectivity index (χ3v) is 5.14. The van der Waals surface area contributed by atoms with Crippen LogP contribution < -0.4 is 0 Å². The van der Waals surface area contributed by atoms with Gasteiger partial charge in [0.25, 0.3) is 0 Å². The summed E-state index contributed by atoms with van der Waals surface area (Å²) in [5, 5.41) is 4.35. The van der Waals surface area contributed by atoms with Gasteiger partial charge in [0.15, 0.2) is 0 Å². The van der Waals surface area contributed by atoms with Crippen LogP contribution in [0.1, 0.15) is 22.6 Å². The van der Waals surface area contributed by atoms with Gasteiger partial charge in [-0.05, 0) is 60.7 Å². The maximum absolute atomic E-state index is 2.94. The van der Waals surface area contributed by atoms with Crippen molar-refractivity contribution >= 4 is 44.2 Å². The molecule has 20 heavy (non-hydrogen) atoms. The summed E-state index contributed by atoms with van der Waals surface area (Å²) < 4.78 is 0. The number of hydrogen-bond acceptors (Lipinski definition) is 3. The van der Waals surface area contributed by atoms with Gasteiger partial charge >= 0.3 is 0 Å². The second-order valence-electron chi connectivity index (χ2n) is 4.77. The quantitative estimate of drug-likeness (QED) is 0.645. The number of likely N-dealkylation sites (tertiary alicyclic amines) is 1. The van der Waals surface area contributed by atoms with Crippen LogP contribution in [-0.2, 0) is 0 Å². The molecule has 1 fully saturated rings. The van der Waals surface area contributed by atoms with E-state index in [9.17, 15) is 0 Å². The first-order chi connectivity index (χ1) is 9.84. The zero-order valence-electron chi connectivity index (χ0n) is 11.9. The molecule has 1 nitrogen and oxygen atoms in total. The Morgan fingerprint density at radius 2 is 1.70 bits per heavy atom. The Bertz CT molecular complexity index is 493. The van der Waals surface area contributed by atoms with E-state index in [1.807, 2.05) is 28.5 Å². The van der Waals surface area contributed by atoms with Crippen molar-refractivity contribution in [3.63, 3.8) is 0 Å². The molecule has 3 rings (SSSR count). The molecule has 1 saturated heterocycles. The van der Waals surface area contributed by atoms with Crippen LogP contribution in [0.5, 0.6) is 0 Å². The van der Waals surface area contributed by atoms with Crippen LogP contribution in [0.2, 0.25) is 0 Å². The molecule has 0 aliphatic carbocycles. The van der Waals surface area contributed by atoms with Crippen molar-refractivity contribution in [2.24, 2.45) is 0 Å². The third kappa shape index (κ3) is 3.82. The summed E-state index contributed by atoms with van der Waals surface area (Å²) in [5.41, 5.74) is 3.10. The number of piperidine rings is 1. The van der Waals surface area contributed by atoms with Crippen molar-refractivity contribution in [3.05, 3.63) is 50.4 Å². The predicted octanol–water partition coefficient (Wildman–Crippen LogP) is 5.35. The summed E-state index contributed by atoms with van der Waals surface area (Å²) in [7, 11) is 2.22. The lowest BCUT2D eigenvalue weighted by atomic mass is 9.97. The van der Waals surface area contributed by atoms with E-state index in [0.29, 0.717) is 0 Å². The maximum atomic E-state index is 2.94. The fourth-order valence-corrected chi connectivity index (χ4v) is 4.29. The van der Waals surface area contributed by atoms with Gasteiger partial charge in [-0.25, -0.2) is 0 Å². The summed E-state index contributed by atoms with van der Waals surface area (Å²) in [4.78, 5) is 5.27. The van der Waals surface area contributed by atoms with E-state index in [2.05, 4.69) is 62.9 Å². The largest absolute Gasteiger partial charge is 0.302 e. The summed E-state index contributed by atoms with van der Waals surface area (Å²) in [6, 6.07) is 8.81. The van der Waals surface area contributed by atoms with Gasteiger partial charge in [-0.1, -0.05) is 28.1 Å². The minimum atomic E-state index is 1.12. The fraction of sp³-hybridized carbons (Fsp3) is 0.375. The fourth-order valence-electron chi connectivity index (χ4n) is 2.56. The zero-order valence-corrected chi connectivity index (χ0v) is 15.2. The number of rotatable bonds is 2. The molecule has 0 atom stereocenters. The van der Waals surface area contributed by atoms with Gasteiger partial charge in [0.1, 0.15) is 0 Å². The van der Waals surface area contributed by atoms with Gasteiger partial charge in [0.2, 0.25) is 0 Å². The summed E-state index contributed by atoms with van der Waals surface area (Å²) in [6.07, 6.45) is 2.53. The molecular weight excluding hydrogens is 350 g/mol. The second-order valence-corrected chi connectivity index (χ2v) is 6.67. The molecular formula is C16H20BrNS2. The number of thiophene rings is 2. The highest BCUT2D eigenvalue weighted by Crippen LogP contribution is 2.35. The minimum absolute atomic E-state index is 1.12. The highest BCUT2D eigenvalue weighted by molar-refractivity contribution is 9.08. The number of alkyl halides is 1. The number of nitrogens with zero attached hydrogens (tertiary/aromatic N) is 1. The molecule has 0 spiro atoms. The monoisotopic (exact) mass is 369 g/mol. The van der Waals surface area contributed by atoms with Crippen molar-refractivity contribution in [1.29, 1.82) is 0 Å². The maximum Gasteiger partial charge on any atom is 0.0356 e. The van der Waals surface area contributed by atoms with Gasteiger partial charge in [0, 0.05) is 21.9 Å². The van der Waals surface area contributed by atoms with E-state index < -0.39 is 0 Å². The van der Waals surface area contributed by atoms with Gasteiger partial charge in [-0.3, -0.25) is 0 Å². The standard InChI is InChI=1S/C15H17NS2.CH3Br/c1-16-8-2-5-12(11-16)15(13-6-3-9-17-13)14-7-4-10-18-14;1-2/h3-4,6-7,9-10H,2,5,8,11H2,1H3;1H3. The number of halogens is 1. The van der Waals surface area contributed by atoms with E-state index in [4.69, 9.17) is 0 Å². The lowest BCUT2D eigenvalue weighted by molar-refractivity contribution is 0.323. The number of likely N-dealkylation sites (N-methyl/N-ethyl adjacent to an activating group) is 1. The van der Waals surface area contributed by atoms with Crippen molar-refractivity contribution in [2.75, 3.05) is 26.0 Å². The van der Waals surface area contributed by atoms with Crippen LogP contribution in [-0.4, -0.2) is 30.9 Å². The average molecular weight is 370 g/mol. The summed E-state index contributed by atoms with van der Waals surface area (Å²) in [5.74, 6) is 1.81. The first-order valence-corrected chi connectivity index (χ1v) is 10.1. The van der Waals surface area contributed by atoms with E-state index in [0.717, 1.165) is 6.54 Å². The second kappa shape index (κ2) is 8.13. The van der Waals surface area contributed by atoms with Crippen molar-refractivity contribution in [2.45, 2.75) is 12.8 Å². The Morgan fingerprint density at radius 1 is 1.10 bits per heavy atom. The SMILES string of the molecule is CBr.CN1CCCC(=C(c2cccs2)c2cccs2)C1. The van der Waals surface area contributed by atoms with Crippen molar-refractivity contribution in [1.82, 2.24) is 4.90 Å². The Labute approximate surface area is 138 Å². The molecule has 2 aromatic heterocycles. The highest BCUT2D eigenvalue weighted by atomic mass is 79.9. The molecule has 1 aliphatic heterocycles. The Hall–Kier alpha value is -0.420. The molecule has 2 aromatic rings. The van der Waals surface area contributed by atoms with Crippen molar-refractivity contribution < 1.29 is 0 Å². The van der Waals surface area contributed by atoms with E-state index in [-0.39, 0.29) is 0 Å². The summed E-state index contributed by atoms with van der Waals surface area (Å²) >= 11 is 6.65. The Morgan fingerprint density at radius 3 is 2.15 bits per heavy atom. The lowest BCUT2D eigenvalue weighted by Crippen LogP contribution is -2.27. The molecule has 0 N–H and O–H groups in total. The molecule has 1 aliphatic rings. The molecule has 0 amide bonds. The topological polar surface area (TPSA) is 3.24 Å². The smallest absolute Gasteiger partial charge is 0.0356 e. The van der Waals surface area contributed by atoms with Crippen LogP contribution >= 0.6 is 38.6 Å². The minimum Gasteiger partial charge on any atom is -0.302 e. The van der Waals surface area contributed by atoms with Gasteiger partial charge in [0.05, 0.1) is 0 Å². The average Bonchev–Trinajstić information content (AvgIpc) is 3.15. The van der Waals surface area contributed by atoms with Crippen LogP contribution in [0, 0.1) is 0 Å². The Balaban J connectivity index is 0.000000704. The zero-order chi connectivity index (χ0) is 14.4. The lowest BCUT2D eigenvalue weighted by Gasteiger charge is -2.26. The predicted molar refractivity (Wildman–Crippen MR) is 96.2 cm³/mol. The normalized spacial score (nSPS) is 15.7. The van der Waals surface area contributed by atoms with Crippen LogP contribution in [0.4, 0.5) is 0 Å². The molecule has 108 valence electrons. The Kier molecular flexibility index (Phi) is 6.49. The van der Waals surface area contributed by atoms with Gasteiger partial charge < -0.3 is 4.90 Å². The van der Waals surface area contributed by atoms with Crippen LogP contribution in [0.15, 0.2) is 40.6 Å². The first kappa shape index (κ1) is 16.0. The highest BCUT2D eigenvalue weighted by Gasteiger charge is 2.18. The van der Waals surface area contributed by atoms with E-state index >= 15 is 0 Å². The van der Waals surface area contributed by atoms with E-state index in [1.165, 1.54) is 34.7 Å². The van der Waals surface area contributed by atoms with Gasteiger partial charge in [-0.2, -0.15) is 0 Å².